The summed E-state index contributed by atoms with van der Waals surface area (Å²) in [7, 11) is 0. The zero-order valence-electron chi connectivity index (χ0n) is 10.5. The molecule has 2 aromatic heterocycles. The molecule has 4 heteroatoms. The van der Waals surface area contributed by atoms with Crippen LogP contribution in [0, 0.1) is 0 Å². The van der Waals surface area contributed by atoms with Crippen LogP contribution in [-0.2, 0) is 10.2 Å². The maximum atomic E-state index is 5.92. The summed E-state index contributed by atoms with van der Waals surface area (Å²) >= 11 is 0. The number of benzene rings is 1. The molecular weight excluding hydrogens is 238 g/mol. The van der Waals surface area contributed by atoms with Gasteiger partial charge in [-0.05, 0) is 17.7 Å². The molecule has 0 amide bonds. The molecule has 0 radical (unpaired) electrons. The fourth-order valence-electron chi connectivity index (χ4n) is 2.83. The molecule has 1 fully saturated rings. The molecule has 0 atom stereocenters. The Balaban J connectivity index is 1.94. The van der Waals surface area contributed by atoms with Crippen molar-refractivity contribution in [2.75, 3.05) is 19.8 Å². The molecule has 0 aliphatic carbocycles. The lowest BCUT2D eigenvalue weighted by Gasteiger charge is -2.41. The van der Waals surface area contributed by atoms with Gasteiger partial charge in [0, 0.05) is 40.7 Å². The number of H-pyrrole nitrogens is 1. The van der Waals surface area contributed by atoms with Gasteiger partial charge in [-0.15, -0.1) is 0 Å². The molecule has 19 heavy (non-hydrogen) atoms. The smallest absolute Gasteiger partial charge is 0.0597 e. The van der Waals surface area contributed by atoms with Crippen molar-refractivity contribution < 1.29 is 4.74 Å². The molecule has 4 rings (SSSR count). The first-order valence-corrected chi connectivity index (χ1v) is 6.46. The van der Waals surface area contributed by atoms with Crippen LogP contribution in [0.1, 0.15) is 5.56 Å². The summed E-state index contributed by atoms with van der Waals surface area (Å²) in [6.07, 6.45) is 3.71. The topological polar surface area (TPSA) is 63.9 Å². The Labute approximate surface area is 110 Å². The first-order valence-electron chi connectivity index (χ1n) is 6.46. The predicted octanol–water partition coefficient (Wildman–Crippen LogP) is 1.94. The number of nitrogens with two attached hydrogens (primary N) is 1. The fourth-order valence-corrected chi connectivity index (χ4v) is 2.83. The van der Waals surface area contributed by atoms with E-state index in [1.54, 1.807) is 6.20 Å². The number of rotatable bonds is 2. The van der Waals surface area contributed by atoms with Gasteiger partial charge in [-0.1, -0.05) is 12.1 Å². The van der Waals surface area contributed by atoms with Crippen LogP contribution in [0.4, 0.5) is 0 Å². The van der Waals surface area contributed by atoms with E-state index in [1.807, 2.05) is 12.3 Å². The molecule has 3 N–H and O–H groups in total. The quantitative estimate of drug-likeness (QED) is 0.733. The Morgan fingerprint density at radius 2 is 2.11 bits per heavy atom. The zero-order valence-corrected chi connectivity index (χ0v) is 10.5. The van der Waals surface area contributed by atoms with E-state index in [9.17, 15) is 0 Å². The minimum Gasteiger partial charge on any atom is -0.379 e. The lowest BCUT2D eigenvalue weighted by Crippen LogP contribution is -2.52. The second-order valence-corrected chi connectivity index (χ2v) is 5.28. The number of nitrogens with one attached hydrogen (secondary N) is 1. The summed E-state index contributed by atoms with van der Waals surface area (Å²) in [6, 6.07) is 8.52. The van der Waals surface area contributed by atoms with Gasteiger partial charge >= 0.3 is 0 Å². The van der Waals surface area contributed by atoms with E-state index in [1.165, 1.54) is 10.9 Å². The third-order valence-corrected chi connectivity index (χ3v) is 4.16. The highest BCUT2D eigenvalue weighted by atomic mass is 16.5. The van der Waals surface area contributed by atoms with Crippen LogP contribution < -0.4 is 5.73 Å². The van der Waals surface area contributed by atoms with Crippen molar-refractivity contribution in [3.8, 4) is 0 Å². The number of fused-ring (bicyclic) bond motifs is 3. The standard InChI is InChI=1S/C15H15N3O/c16-7-15(8-19-9-15)10-1-2-11-12-6-17-4-3-13(12)18-14(11)5-10/h1-6,18H,7-9,16H2. The average Bonchev–Trinajstić information content (AvgIpc) is 2.76. The second kappa shape index (κ2) is 3.79. The number of aromatic nitrogens is 2. The average molecular weight is 253 g/mol. The second-order valence-electron chi connectivity index (χ2n) is 5.28. The van der Waals surface area contributed by atoms with E-state index >= 15 is 0 Å². The highest BCUT2D eigenvalue weighted by Gasteiger charge is 2.39. The number of pyridine rings is 1. The van der Waals surface area contributed by atoms with Crippen molar-refractivity contribution in [3.63, 3.8) is 0 Å². The van der Waals surface area contributed by atoms with Crippen LogP contribution in [-0.4, -0.2) is 29.7 Å². The summed E-state index contributed by atoms with van der Waals surface area (Å²) in [5, 5.41) is 2.37. The van der Waals surface area contributed by atoms with Gasteiger partial charge in [-0.25, -0.2) is 0 Å². The third-order valence-electron chi connectivity index (χ3n) is 4.16. The summed E-state index contributed by atoms with van der Waals surface area (Å²) in [4.78, 5) is 7.63. The lowest BCUT2D eigenvalue weighted by molar-refractivity contribution is -0.0549. The monoisotopic (exact) mass is 253 g/mol. The summed E-state index contributed by atoms with van der Waals surface area (Å²) in [5.74, 6) is 0. The number of ether oxygens (including phenoxy) is 1. The van der Waals surface area contributed by atoms with Gasteiger partial charge < -0.3 is 15.5 Å². The van der Waals surface area contributed by atoms with Gasteiger partial charge in [0.15, 0.2) is 0 Å². The summed E-state index contributed by atoms with van der Waals surface area (Å²) in [6.45, 7) is 2.06. The number of hydrogen-bond acceptors (Lipinski definition) is 3. The minimum atomic E-state index is 0.00370. The van der Waals surface area contributed by atoms with E-state index in [0.29, 0.717) is 6.54 Å². The highest BCUT2D eigenvalue weighted by Crippen LogP contribution is 2.34. The molecule has 96 valence electrons. The van der Waals surface area contributed by atoms with E-state index in [4.69, 9.17) is 10.5 Å². The molecule has 0 unspecified atom stereocenters. The Morgan fingerprint density at radius 3 is 2.84 bits per heavy atom. The molecular formula is C15H15N3O. The maximum Gasteiger partial charge on any atom is 0.0597 e. The first kappa shape index (κ1) is 11.0. The summed E-state index contributed by atoms with van der Waals surface area (Å²) in [5.41, 5.74) is 9.44. The van der Waals surface area contributed by atoms with Crippen LogP contribution in [0.2, 0.25) is 0 Å². The first-order chi connectivity index (χ1) is 9.32. The Morgan fingerprint density at radius 1 is 1.21 bits per heavy atom. The van der Waals surface area contributed by atoms with Crippen molar-refractivity contribution in [1.82, 2.24) is 9.97 Å². The SMILES string of the molecule is NCC1(c2ccc3c(c2)[nH]c2ccncc23)COC1. The molecule has 3 aromatic rings. The van der Waals surface area contributed by atoms with Gasteiger partial charge in [0.1, 0.15) is 0 Å². The van der Waals surface area contributed by atoms with Crippen molar-refractivity contribution in [2.24, 2.45) is 5.73 Å². The van der Waals surface area contributed by atoms with Gasteiger partial charge in [-0.2, -0.15) is 0 Å². The Bertz CT molecular complexity index is 753. The number of aromatic amines is 1. The molecule has 1 aliphatic heterocycles. The molecule has 3 heterocycles. The molecule has 1 saturated heterocycles. The zero-order chi connectivity index (χ0) is 12.9. The Hall–Kier alpha value is -1.91. The Kier molecular flexibility index (Phi) is 2.19. The van der Waals surface area contributed by atoms with Gasteiger partial charge in [-0.3, -0.25) is 4.98 Å². The van der Waals surface area contributed by atoms with Crippen LogP contribution in [0.15, 0.2) is 36.7 Å². The predicted molar refractivity (Wildman–Crippen MR) is 75.2 cm³/mol. The van der Waals surface area contributed by atoms with E-state index in [0.717, 1.165) is 29.6 Å². The van der Waals surface area contributed by atoms with E-state index in [2.05, 4.69) is 28.2 Å². The molecule has 0 bridgehead atoms. The van der Waals surface area contributed by atoms with E-state index < -0.39 is 0 Å². The molecule has 1 aromatic carbocycles. The summed E-state index contributed by atoms with van der Waals surface area (Å²) < 4.78 is 5.35. The maximum absolute atomic E-state index is 5.92. The van der Waals surface area contributed by atoms with Gasteiger partial charge in [0.25, 0.3) is 0 Å². The van der Waals surface area contributed by atoms with Crippen LogP contribution in [0.5, 0.6) is 0 Å². The van der Waals surface area contributed by atoms with Crippen LogP contribution in [0.3, 0.4) is 0 Å². The highest BCUT2D eigenvalue weighted by molar-refractivity contribution is 6.06. The van der Waals surface area contributed by atoms with Gasteiger partial charge in [0.05, 0.1) is 18.6 Å². The largest absolute Gasteiger partial charge is 0.379 e. The van der Waals surface area contributed by atoms with Crippen LogP contribution >= 0.6 is 0 Å². The molecule has 4 nitrogen and oxygen atoms in total. The van der Waals surface area contributed by atoms with Crippen molar-refractivity contribution in [1.29, 1.82) is 0 Å². The van der Waals surface area contributed by atoms with Crippen LogP contribution in [0.25, 0.3) is 21.8 Å². The van der Waals surface area contributed by atoms with Crippen molar-refractivity contribution in [2.45, 2.75) is 5.41 Å². The van der Waals surface area contributed by atoms with Crippen molar-refractivity contribution in [3.05, 3.63) is 42.2 Å². The lowest BCUT2D eigenvalue weighted by atomic mass is 9.78. The van der Waals surface area contributed by atoms with Gasteiger partial charge in [0.2, 0.25) is 0 Å². The minimum absolute atomic E-state index is 0.00370. The third kappa shape index (κ3) is 1.44. The normalized spacial score (nSPS) is 17.7. The van der Waals surface area contributed by atoms with E-state index in [-0.39, 0.29) is 5.41 Å². The number of hydrogen-bond donors (Lipinski definition) is 2. The molecule has 0 spiro atoms. The number of nitrogens with zero attached hydrogens (tertiary/aromatic N) is 1. The molecule has 1 aliphatic rings. The fraction of sp³-hybridized carbons (Fsp3) is 0.267. The molecule has 0 saturated carbocycles. The van der Waals surface area contributed by atoms with Crippen molar-refractivity contribution >= 4 is 21.8 Å².